The first-order chi connectivity index (χ1) is 8.54. The van der Waals surface area contributed by atoms with Crippen LogP contribution in [0.25, 0.3) is 0 Å². The Morgan fingerprint density at radius 1 is 1.61 bits per heavy atom. The molecule has 0 fully saturated rings. The smallest absolute Gasteiger partial charge is 0.322 e. The van der Waals surface area contributed by atoms with Gasteiger partial charge in [-0.15, -0.1) is 0 Å². The van der Waals surface area contributed by atoms with Gasteiger partial charge in [-0.05, 0) is 35.9 Å². The maximum Gasteiger partial charge on any atom is 0.322 e. The molecule has 6 heteroatoms. The molecule has 1 unspecified atom stereocenters. The van der Waals surface area contributed by atoms with Crippen molar-refractivity contribution in [3.05, 3.63) is 34.6 Å². The molecule has 0 aliphatic rings. The molecule has 0 aliphatic carbocycles. The van der Waals surface area contributed by atoms with E-state index in [1.807, 2.05) is 0 Å². The summed E-state index contributed by atoms with van der Waals surface area (Å²) in [7, 11) is 1.31. The average molecular weight is 292 g/mol. The normalized spacial score (nSPS) is 12.2. The number of carbonyl (C=O) groups excluding carboxylic acids is 1. The molecule has 0 heterocycles. The second-order valence-corrected chi connectivity index (χ2v) is 5.22. The third kappa shape index (κ3) is 4.84. The Morgan fingerprint density at radius 3 is 3.00 bits per heavy atom. The predicted molar refractivity (Wildman–Crippen MR) is 72.2 cm³/mol. The molecule has 1 aromatic carbocycles. The first-order valence-corrected chi connectivity index (χ1v) is 6.93. The number of halogens is 2. The molecule has 0 amide bonds. The molecule has 0 spiro atoms. The Hall–Kier alpha value is -0.780. The van der Waals surface area contributed by atoms with Gasteiger partial charge in [0.2, 0.25) is 0 Å². The van der Waals surface area contributed by atoms with Crippen LogP contribution in [0, 0.1) is 5.82 Å². The lowest BCUT2D eigenvalue weighted by Crippen LogP contribution is -2.31. The molecule has 100 valence electrons. The van der Waals surface area contributed by atoms with Crippen LogP contribution in [0.5, 0.6) is 0 Å². The molecule has 1 rings (SSSR count). The monoisotopic (exact) mass is 291 g/mol. The molecule has 18 heavy (non-hydrogen) atoms. The van der Waals surface area contributed by atoms with Gasteiger partial charge in [0, 0.05) is 10.8 Å². The van der Waals surface area contributed by atoms with Crippen LogP contribution >= 0.6 is 23.4 Å². The van der Waals surface area contributed by atoms with Gasteiger partial charge in [0.25, 0.3) is 0 Å². The largest absolute Gasteiger partial charge is 0.468 e. The highest BCUT2D eigenvalue weighted by Crippen LogP contribution is 2.22. The number of methoxy groups -OCH3 is 1. The van der Waals surface area contributed by atoms with Crippen molar-refractivity contribution in [3.63, 3.8) is 0 Å². The maximum absolute atomic E-state index is 13.0. The Morgan fingerprint density at radius 2 is 2.33 bits per heavy atom. The van der Waals surface area contributed by atoms with Crippen LogP contribution in [0.2, 0.25) is 5.02 Å². The van der Waals surface area contributed by atoms with Crippen LogP contribution in [0.1, 0.15) is 12.0 Å². The van der Waals surface area contributed by atoms with Crippen molar-refractivity contribution in [1.29, 1.82) is 0 Å². The number of thioether (sulfide) groups is 1. The van der Waals surface area contributed by atoms with E-state index in [1.165, 1.54) is 25.3 Å². The number of carbonyl (C=O) groups is 1. The third-order valence-electron chi connectivity index (χ3n) is 2.34. The summed E-state index contributed by atoms with van der Waals surface area (Å²) in [5, 5.41) is 0.543. The van der Waals surface area contributed by atoms with E-state index in [-0.39, 0.29) is 5.82 Å². The first-order valence-electron chi connectivity index (χ1n) is 5.39. The second kappa shape index (κ2) is 7.61. The summed E-state index contributed by atoms with van der Waals surface area (Å²) in [5.41, 5.74) is 6.33. The van der Waals surface area contributed by atoms with Crippen molar-refractivity contribution in [2.75, 3.05) is 12.9 Å². The Balaban J connectivity index is 2.34. The minimum Gasteiger partial charge on any atom is -0.468 e. The van der Waals surface area contributed by atoms with Gasteiger partial charge < -0.3 is 10.5 Å². The molecule has 3 nitrogen and oxygen atoms in total. The van der Waals surface area contributed by atoms with Gasteiger partial charge in [-0.2, -0.15) is 11.8 Å². The molecule has 1 aromatic rings. The predicted octanol–water partition coefficient (Wildman–Crippen LogP) is 2.60. The minimum absolute atomic E-state index is 0.304. The number of nitrogens with two attached hydrogens (primary N) is 1. The zero-order valence-electron chi connectivity index (χ0n) is 9.99. The van der Waals surface area contributed by atoms with E-state index in [0.717, 1.165) is 5.56 Å². The van der Waals surface area contributed by atoms with E-state index in [1.54, 1.807) is 11.8 Å². The molecular weight excluding hydrogens is 277 g/mol. The van der Waals surface area contributed by atoms with Gasteiger partial charge in [-0.25, -0.2) is 4.39 Å². The van der Waals surface area contributed by atoms with Crippen LogP contribution in [0.15, 0.2) is 18.2 Å². The summed E-state index contributed by atoms with van der Waals surface area (Å²) in [6.45, 7) is 0. The number of benzene rings is 1. The van der Waals surface area contributed by atoms with E-state index < -0.39 is 12.0 Å². The maximum atomic E-state index is 13.0. The Bertz CT molecular complexity index is 417. The van der Waals surface area contributed by atoms with Gasteiger partial charge in [0.05, 0.1) is 7.11 Å². The lowest BCUT2D eigenvalue weighted by Gasteiger charge is -2.09. The van der Waals surface area contributed by atoms with Gasteiger partial charge in [0.1, 0.15) is 11.9 Å². The van der Waals surface area contributed by atoms with Gasteiger partial charge in [-0.3, -0.25) is 4.79 Å². The fourth-order valence-corrected chi connectivity index (χ4v) is 2.60. The Kier molecular flexibility index (Phi) is 6.46. The first kappa shape index (κ1) is 15.3. The van der Waals surface area contributed by atoms with E-state index in [0.29, 0.717) is 22.9 Å². The summed E-state index contributed by atoms with van der Waals surface area (Å²) < 4.78 is 17.5. The summed E-state index contributed by atoms with van der Waals surface area (Å²) in [6.07, 6.45) is 0.518. The van der Waals surface area contributed by atoms with Crippen molar-refractivity contribution in [2.24, 2.45) is 5.73 Å². The van der Waals surface area contributed by atoms with E-state index in [2.05, 4.69) is 4.74 Å². The fourth-order valence-electron chi connectivity index (χ4n) is 1.32. The summed E-state index contributed by atoms with van der Waals surface area (Å²) in [4.78, 5) is 11.0. The van der Waals surface area contributed by atoms with Crippen LogP contribution in [0.4, 0.5) is 4.39 Å². The van der Waals surface area contributed by atoms with Gasteiger partial charge in [-0.1, -0.05) is 11.6 Å². The number of esters is 1. The summed E-state index contributed by atoms with van der Waals surface area (Å²) in [6, 6.07) is 3.66. The van der Waals surface area contributed by atoms with E-state index in [9.17, 15) is 9.18 Å². The van der Waals surface area contributed by atoms with E-state index >= 15 is 0 Å². The third-order valence-corrected chi connectivity index (χ3v) is 3.75. The standard InChI is InChI=1S/C12H15ClFNO2S/c1-17-12(16)11(15)4-5-18-7-8-6-9(14)2-3-10(8)13/h2-3,6,11H,4-5,7,15H2,1H3. The van der Waals surface area contributed by atoms with Gasteiger partial charge >= 0.3 is 5.97 Å². The number of hydrogen-bond acceptors (Lipinski definition) is 4. The van der Waals surface area contributed by atoms with Crippen molar-refractivity contribution in [2.45, 2.75) is 18.2 Å². The van der Waals surface area contributed by atoms with Crippen LogP contribution in [-0.2, 0) is 15.3 Å². The minimum atomic E-state index is -0.606. The van der Waals surface area contributed by atoms with Crippen molar-refractivity contribution >= 4 is 29.3 Å². The van der Waals surface area contributed by atoms with Gasteiger partial charge in [0.15, 0.2) is 0 Å². The highest BCUT2D eigenvalue weighted by Gasteiger charge is 2.12. The Labute approximate surface area is 115 Å². The molecule has 0 aliphatic heterocycles. The van der Waals surface area contributed by atoms with Crippen molar-refractivity contribution in [1.82, 2.24) is 0 Å². The van der Waals surface area contributed by atoms with Crippen LogP contribution < -0.4 is 5.73 Å². The summed E-state index contributed by atoms with van der Waals surface area (Å²) in [5.74, 6) is 0.550. The quantitative estimate of drug-likeness (QED) is 0.646. The van der Waals surface area contributed by atoms with E-state index in [4.69, 9.17) is 17.3 Å². The van der Waals surface area contributed by atoms with Crippen molar-refractivity contribution in [3.8, 4) is 0 Å². The molecule has 0 saturated heterocycles. The topological polar surface area (TPSA) is 52.3 Å². The lowest BCUT2D eigenvalue weighted by molar-refractivity contribution is -0.142. The molecule has 0 radical (unpaired) electrons. The zero-order valence-corrected chi connectivity index (χ0v) is 11.6. The second-order valence-electron chi connectivity index (χ2n) is 3.71. The molecule has 2 N–H and O–H groups in total. The number of rotatable bonds is 6. The van der Waals surface area contributed by atoms with Crippen LogP contribution in [-0.4, -0.2) is 24.9 Å². The lowest BCUT2D eigenvalue weighted by atomic mass is 10.2. The fraction of sp³-hybridized carbons (Fsp3) is 0.417. The number of hydrogen-bond donors (Lipinski definition) is 1. The molecule has 0 aromatic heterocycles. The molecule has 0 saturated carbocycles. The highest BCUT2D eigenvalue weighted by atomic mass is 35.5. The SMILES string of the molecule is COC(=O)C(N)CCSCc1cc(F)ccc1Cl. The average Bonchev–Trinajstić information content (AvgIpc) is 2.37. The molecule has 0 bridgehead atoms. The number of ether oxygens (including phenoxy) is 1. The zero-order chi connectivity index (χ0) is 13.5. The summed E-state index contributed by atoms with van der Waals surface area (Å²) >= 11 is 7.48. The van der Waals surface area contributed by atoms with Crippen molar-refractivity contribution < 1.29 is 13.9 Å². The highest BCUT2D eigenvalue weighted by molar-refractivity contribution is 7.98. The molecular formula is C12H15ClFNO2S. The molecule has 1 atom stereocenters. The van der Waals surface area contributed by atoms with Crippen LogP contribution in [0.3, 0.4) is 0 Å².